The first-order valence-corrected chi connectivity index (χ1v) is 10.8. The van der Waals surface area contributed by atoms with Crippen LogP contribution in [-0.4, -0.2) is 40.4 Å². The van der Waals surface area contributed by atoms with Crippen LogP contribution in [0.3, 0.4) is 0 Å². The Morgan fingerprint density at radius 2 is 2.07 bits per heavy atom. The topological polar surface area (TPSA) is 67.1 Å². The lowest BCUT2D eigenvalue weighted by Crippen LogP contribution is -2.49. The predicted octanol–water partition coefficient (Wildman–Crippen LogP) is 4.24. The second kappa shape index (κ2) is 10.2. The van der Waals surface area contributed by atoms with Gasteiger partial charge in [-0.3, -0.25) is 4.99 Å². The highest BCUT2D eigenvalue weighted by Gasteiger charge is 2.25. The highest BCUT2D eigenvalue weighted by Crippen LogP contribution is 2.29. The fraction of sp³-hybridized carbons (Fsp3) is 0.571. The van der Waals surface area contributed by atoms with Crippen molar-refractivity contribution in [2.75, 3.05) is 13.6 Å². The summed E-state index contributed by atoms with van der Waals surface area (Å²) in [6.07, 6.45) is 1.97. The Morgan fingerprint density at radius 3 is 2.72 bits per heavy atom. The number of hydrogen-bond donors (Lipinski definition) is 2. The summed E-state index contributed by atoms with van der Waals surface area (Å²) in [5.74, 6) is 3.23. The molecule has 3 rings (SSSR count). The highest BCUT2D eigenvalue weighted by molar-refractivity contribution is 14.0. The standard InChI is InChI=1S/C21H31BrN6.HI/c1-14(2)19-26-18-11-10-15(12-28(18)27-19)25-20(23-5)24-13-21(3,4)16-8-6-7-9-17(16)22;/h6-9,14-15H,10-13H2,1-5H3,(H2,23,24,25);1H. The monoisotopic (exact) mass is 574 g/mol. The highest BCUT2D eigenvalue weighted by atomic mass is 127. The SMILES string of the molecule is CN=C(NCC(C)(C)c1ccccc1Br)NC1CCc2nc(C(C)C)nn2C1.I. The molecular formula is C21H32BrIN6. The number of aromatic nitrogens is 3. The molecule has 0 bridgehead atoms. The van der Waals surface area contributed by atoms with E-state index in [1.165, 1.54) is 5.56 Å². The molecule has 0 saturated heterocycles. The summed E-state index contributed by atoms with van der Waals surface area (Å²) in [7, 11) is 1.82. The van der Waals surface area contributed by atoms with Gasteiger partial charge in [0.15, 0.2) is 11.8 Å². The van der Waals surface area contributed by atoms with Crippen LogP contribution in [0, 0.1) is 0 Å². The van der Waals surface area contributed by atoms with Gasteiger partial charge in [0.25, 0.3) is 0 Å². The molecule has 2 N–H and O–H groups in total. The van der Waals surface area contributed by atoms with Gasteiger partial charge in [0.2, 0.25) is 0 Å². The van der Waals surface area contributed by atoms with Crippen LogP contribution in [0.5, 0.6) is 0 Å². The lowest BCUT2D eigenvalue weighted by Gasteiger charge is -2.30. The van der Waals surface area contributed by atoms with Crippen molar-refractivity contribution in [1.29, 1.82) is 0 Å². The molecule has 0 spiro atoms. The molecular weight excluding hydrogens is 543 g/mol. The van der Waals surface area contributed by atoms with Crippen molar-refractivity contribution in [3.8, 4) is 0 Å². The summed E-state index contributed by atoms with van der Waals surface area (Å²) in [6.45, 7) is 10.4. The molecule has 0 aliphatic carbocycles. The molecule has 2 heterocycles. The molecule has 8 heteroatoms. The molecule has 1 aliphatic heterocycles. The number of aliphatic imine (C=N–C) groups is 1. The Morgan fingerprint density at radius 1 is 1.34 bits per heavy atom. The fourth-order valence-electron chi connectivity index (χ4n) is 3.49. The van der Waals surface area contributed by atoms with Gasteiger partial charge in [0, 0.05) is 41.9 Å². The van der Waals surface area contributed by atoms with Crippen LogP contribution >= 0.6 is 39.9 Å². The van der Waals surface area contributed by atoms with Crippen molar-refractivity contribution in [2.45, 2.75) is 64.5 Å². The van der Waals surface area contributed by atoms with E-state index >= 15 is 0 Å². The summed E-state index contributed by atoms with van der Waals surface area (Å²) in [5.41, 5.74) is 1.25. The zero-order valence-electron chi connectivity index (χ0n) is 17.9. The quantitative estimate of drug-likeness (QED) is 0.318. The van der Waals surface area contributed by atoms with Gasteiger partial charge in [-0.15, -0.1) is 24.0 Å². The summed E-state index contributed by atoms with van der Waals surface area (Å²) in [5, 5.41) is 11.7. The number of fused-ring (bicyclic) bond motifs is 1. The van der Waals surface area contributed by atoms with E-state index in [2.05, 4.69) is 92.2 Å². The van der Waals surface area contributed by atoms with Gasteiger partial charge in [-0.25, -0.2) is 9.67 Å². The molecule has 0 amide bonds. The van der Waals surface area contributed by atoms with Gasteiger partial charge < -0.3 is 10.6 Å². The van der Waals surface area contributed by atoms with Crippen molar-refractivity contribution in [3.63, 3.8) is 0 Å². The molecule has 1 aliphatic rings. The zero-order chi connectivity index (χ0) is 20.3. The zero-order valence-corrected chi connectivity index (χ0v) is 21.8. The smallest absolute Gasteiger partial charge is 0.191 e. The molecule has 1 aromatic heterocycles. The molecule has 2 aromatic rings. The van der Waals surface area contributed by atoms with Gasteiger partial charge in [-0.2, -0.15) is 5.10 Å². The number of aryl methyl sites for hydroxylation is 1. The van der Waals surface area contributed by atoms with Crippen LogP contribution in [0.1, 0.15) is 57.2 Å². The summed E-state index contributed by atoms with van der Waals surface area (Å²) < 4.78 is 3.19. The minimum Gasteiger partial charge on any atom is -0.356 e. The van der Waals surface area contributed by atoms with E-state index in [1.54, 1.807) is 0 Å². The minimum atomic E-state index is -0.0322. The predicted molar refractivity (Wildman–Crippen MR) is 133 cm³/mol. The number of nitrogens with zero attached hydrogens (tertiary/aromatic N) is 4. The van der Waals surface area contributed by atoms with Crippen LogP contribution in [-0.2, 0) is 18.4 Å². The van der Waals surface area contributed by atoms with Crippen molar-refractivity contribution in [3.05, 3.63) is 46.0 Å². The number of rotatable bonds is 5. The van der Waals surface area contributed by atoms with Gasteiger partial charge in [0.05, 0.1) is 6.54 Å². The summed E-state index contributed by atoms with van der Waals surface area (Å²) >= 11 is 3.67. The number of benzene rings is 1. The van der Waals surface area contributed by atoms with Crippen LogP contribution < -0.4 is 10.6 Å². The summed E-state index contributed by atoms with van der Waals surface area (Å²) in [6, 6.07) is 8.68. The Bertz CT molecular complexity index is 845. The Labute approximate surface area is 199 Å². The van der Waals surface area contributed by atoms with Crippen LogP contribution in [0.15, 0.2) is 33.7 Å². The average molecular weight is 575 g/mol. The number of nitrogens with one attached hydrogen (secondary N) is 2. The molecule has 6 nitrogen and oxygen atoms in total. The summed E-state index contributed by atoms with van der Waals surface area (Å²) in [4.78, 5) is 9.10. The molecule has 0 radical (unpaired) electrons. The van der Waals surface area contributed by atoms with Gasteiger partial charge in [-0.1, -0.05) is 61.8 Å². The lowest BCUT2D eigenvalue weighted by molar-refractivity contribution is 0.389. The van der Waals surface area contributed by atoms with Crippen molar-refractivity contribution in [2.24, 2.45) is 4.99 Å². The van der Waals surface area contributed by atoms with Crippen LogP contribution in [0.2, 0.25) is 0 Å². The maximum atomic E-state index is 4.67. The molecule has 1 aromatic carbocycles. The van der Waals surface area contributed by atoms with Crippen LogP contribution in [0.4, 0.5) is 0 Å². The Hall–Kier alpha value is -1.16. The molecule has 160 valence electrons. The second-order valence-electron chi connectivity index (χ2n) is 8.39. The number of hydrogen-bond acceptors (Lipinski definition) is 3. The maximum absolute atomic E-state index is 4.67. The van der Waals surface area contributed by atoms with Gasteiger partial charge in [-0.05, 0) is 18.1 Å². The van der Waals surface area contributed by atoms with E-state index in [0.29, 0.717) is 12.0 Å². The first-order valence-electron chi connectivity index (χ1n) is 9.96. The van der Waals surface area contributed by atoms with E-state index in [4.69, 9.17) is 0 Å². The van der Waals surface area contributed by atoms with E-state index in [-0.39, 0.29) is 29.4 Å². The van der Waals surface area contributed by atoms with Gasteiger partial charge in [0.1, 0.15) is 5.82 Å². The van der Waals surface area contributed by atoms with E-state index in [0.717, 1.165) is 48.0 Å². The third kappa shape index (κ3) is 5.93. The van der Waals surface area contributed by atoms with Crippen molar-refractivity contribution in [1.82, 2.24) is 25.4 Å². The van der Waals surface area contributed by atoms with Crippen LogP contribution in [0.25, 0.3) is 0 Å². The third-order valence-electron chi connectivity index (χ3n) is 5.26. The van der Waals surface area contributed by atoms with E-state index in [9.17, 15) is 0 Å². The first kappa shape index (κ1) is 24.1. The largest absolute Gasteiger partial charge is 0.356 e. The fourth-order valence-corrected chi connectivity index (χ4v) is 4.31. The minimum absolute atomic E-state index is 0. The maximum Gasteiger partial charge on any atom is 0.191 e. The Kier molecular flexibility index (Phi) is 8.51. The number of halogens is 2. The van der Waals surface area contributed by atoms with E-state index in [1.807, 2.05) is 13.1 Å². The second-order valence-corrected chi connectivity index (χ2v) is 9.25. The molecule has 0 saturated carbocycles. The number of guanidine groups is 1. The molecule has 1 atom stereocenters. The first-order chi connectivity index (χ1) is 13.3. The van der Waals surface area contributed by atoms with Crippen molar-refractivity contribution < 1.29 is 0 Å². The lowest BCUT2D eigenvalue weighted by atomic mass is 9.84. The third-order valence-corrected chi connectivity index (χ3v) is 5.95. The molecule has 0 fully saturated rings. The normalized spacial score (nSPS) is 16.9. The molecule has 1 unspecified atom stereocenters. The van der Waals surface area contributed by atoms with Crippen molar-refractivity contribution >= 4 is 45.9 Å². The van der Waals surface area contributed by atoms with E-state index < -0.39 is 0 Å². The van der Waals surface area contributed by atoms with Gasteiger partial charge >= 0.3 is 0 Å². The Balaban J connectivity index is 0.00000300. The average Bonchev–Trinajstić information content (AvgIpc) is 3.09. The molecule has 29 heavy (non-hydrogen) atoms.